The number of hydrogen-bond acceptors (Lipinski definition) is 8. The highest BCUT2D eigenvalue weighted by Gasteiger charge is 2.38. The standard InChI is InChI=1S/C39H46N6O6/c1-3-24(2)34(40)38(50)43-23-32(46)44-30(22-25-12-5-4-6-13-25)39(51)45-21-10-18-31(45)37(49)42-20-11-19-41-29-17-9-16-28-33(29)36(48)27-15-8-7-14-26(27)35(28)47/h4-9,12-17,24,30-31,34,41H,3,10-11,18-23,40H2,1-2H3,(H,42,49)(H,43,50)(H,44,46)/t24-,30-,31-,34-/m0/s1/i/hD. The maximum absolute atomic E-state index is 14.0. The minimum atomic E-state index is -1.23. The summed E-state index contributed by atoms with van der Waals surface area (Å²) >= 11 is 0. The fourth-order valence-corrected chi connectivity index (χ4v) is 6.47. The number of ketones is 2. The number of rotatable bonds is 15. The van der Waals surface area contributed by atoms with Crippen LogP contribution in [0.2, 0.25) is 1.41 Å². The van der Waals surface area contributed by atoms with E-state index in [1.54, 1.807) is 66.7 Å². The van der Waals surface area contributed by atoms with Gasteiger partial charge in [0.25, 0.3) is 0 Å². The summed E-state index contributed by atoms with van der Waals surface area (Å²) in [7, 11) is 0. The quantitative estimate of drug-likeness (QED) is 0.118. The molecule has 1 aliphatic heterocycles. The molecule has 2 aliphatic rings. The summed E-state index contributed by atoms with van der Waals surface area (Å²) in [5, 5.41) is 9.24. The molecule has 1 heterocycles. The first-order chi connectivity index (χ1) is 25.0. The molecule has 3 aromatic rings. The highest BCUT2D eigenvalue weighted by atomic mass is 16.2. The molecule has 4 amide bonds. The number of fused-ring (bicyclic) bond motifs is 2. The van der Waals surface area contributed by atoms with Crippen LogP contribution in [0.3, 0.4) is 0 Å². The molecule has 12 nitrogen and oxygen atoms in total. The van der Waals surface area contributed by atoms with Gasteiger partial charge in [-0.15, -0.1) is 0 Å². The Hall–Kier alpha value is -5.36. The molecule has 0 spiro atoms. The average Bonchev–Trinajstić information content (AvgIpc) is 3.67. The van der Waals surface area contributed by atoms with Crippen LogP contribution < -0.4 is 27.0 Å². The van der Waals surface area contributed by atoms with Gasteiger partial charge >= 0.3 is 0 Å². The van der Waals surface area contributed by atoms with Gasteiger partial charge in [-0.1, -0.05) is 87.0 Å². The van der Waals surface area contributed by atoms with Crippen molar-refractivity contribution in [2.45, 2.75) is 64.1 Å². The number of nitrogens with zero attached hydrogens (tertiary/aromatic N) is 1. The van der Waals surface area contributed by atoms with Gasteiger partial charge in [-0.25, -0.2) is 0 Å². The Balaban J connectivity index is 1.18. The lowest BCUT2D eigenvalue weighted by Crippen LogP contribution is -2.56. The first-order valence-corrected chi connectivity index (χ1v) is 17.5. The Labute approximate surface area is 299 Å². The molecular formula is C39H46N6O6. The van der Waals surface area contributed by atoms with Crippen molar-refractivity contribution in [2.75, 3.05) is 31.5 Å². The molecule has 51 heavy (non-hydrogen) atoms. The second-order valence-electron chi connectivity index (χ2n) is 13.1. The van der Waals surface area contributed by atoms with E-state index in [1.165, 1.54) is 4.90 Å². The summed E-state index contributed by atoms with van der Waals surface area (Å²) in [5.41, 5.74) is 8.70. The van der Waals surface area contributed by atoms with Crippen molar-refractivity contribution in [1.82, 2.24) is 20.8 Å². The second kappa shape index (κ2) is 17.0. The first kappa shape index (κ1) is 35.5. The van der Waals surface area contributed by atoms with Gasteiger partial charge in [0.05, 0.1) is 18.2 Å². The fourth-order valence-electron chi connectivity index (χ4n) is 6.47. The van der Waals surface area contributed by atoms with E-state index in [9.17, 15) is 28.8 Å². The monoisotopic (exact) mass is 695 g/mol. The van der Waals surface area contributed by atoms with Crippen molar-refractivity contribution >= 4 is 40.9 Å². The van der Waals surface area contributed by atoms with Crippen LogP contribution in [-0.4, -0.2) is 84.4 Å². The van der Waals surface area contributed by atoms with E-state index in [0.717, 1.165) is 5.56 Å². The van der Waals surface area contributed by atoms with E-state index in [4.69, 9.17) is 7.15 Å². The van der Waals surface area contributed by atoms with Crippen LogP contribution in [0.1, 0.15) is 76.9 Å². The fraction of sp³-hybridized carbons (Fsp3) is 0.385. The SMILES string of the molecule is [2H]N(C(=O)CNC(=O)[C@@H](N)[C@@H](C)CC)[C@@H](Cc1ccccc1)C(=O)N1CCC[C@H]1C(=O)NCCCNc1cccc2c1C(=O)c1ccccc1C2=O. The molecule has 12 heteroatoms. The van der Waals surface area contributed by atoms with Crippen molar-refractivity contribution < 1.29 is 30.2 Å². The molecule has 0 saturated carbocycles. The molecule has 6 N–H and O–H groups in total. The van der Waals surface area contributed by atoms with Crippen LogP contribution in [0, 0.1) is 5.92 Å². The number of nitrogens with one attached hydrogen (secondary N) is 4. The lowest BCUT2D eigenvalue weighted by Gasteiger charge is -2.29. The molecule has 0 radical (unpaired) electrons. The van der Waals surface area contributed by atoms with Crippen LogP contribution >= 0.6 is 0 Å². The number of carbonyl (C=O) groups is 6. The lowest BCUT2D eigenvalue weighted by atomic mass is 9.83. The predicted octanol–water partition coefficient (Wildman–Crippen LogP) is 2.59. The maximum atomic E-state index is 14.0. The molecule has 0 unspecified atom stereocenters. The molecule has 0 bridgehead atoms. The van der Waals surface area contributed by atoms with Gasteiger partial charge in [-0.05, 0) is 36.8 Å². The molecule has 1 saturated heterocycles. The van der Waals surface area contributed by atoms with Gasteiger partial charge in [0, 0.05) is 48.4 Å². The summed E-state index contributed by atoms with van der Waals surface area (Å²) in [6, 6.07) is 18.1. The van der Waals surface area contributed by atoms with Crippen molar-refractivity contribution in [1.29, 1.82) is 0 Å². The number of likely N-dealkylation sites (tertiary alicyclic amines) is 1. The number of amides is 4. The Morgan fingerprint density at radius 2 is 1.59 bits per heavy atom. The zero-order valence-corrected chi connectivity index (χ0v) is 29.0. The number of anilines is 1. The van der Waals surface area contributed by atoms with Crippen molar-refractivity contribution in [2.24, 2.45) is 11.7 Å². The lowest BCUT2D eigenvalue weighted by molar-refractivity contribution is -0.141. The Morgan fingerprint density at radius 1 is 0.902 bits per heavy atom. The van der Waals surface area contributed by atoms with Crippen LogP contribution in [0.4, 0.5) is 5.69 Å². The van der Waals surface area contributed by atoms with Crippen LogP contribution in [0.15, 0.2) is 72.8 Å². The molecule has 268 valence electrons. The molecule has 1 aliphatic carbocycles. The largest absolute Gasteiger partial charge is 0.384 e. The van der Waals surface area contributed by atoms with E-state index in [1.807, 2.05) is 19.9 Å². The van der Waals surface area contributed by atoms with Crippen LogP contribution in [0.5, 0.6) is 0 Å². The van der Waals surface area contributed by atoms with Crippen molar-refractivity contribution in [3.8, 4) is 0 Å². The smallest absolute Gasteiger partial charge is 0.246 e. The average molecular weight is 696 g/mol. The molecule has 4 atom stereocenters. The highest BCUT2D eigenvalue weighted by Crippen LogP contribution is 2.32. The van der Waals surface area contributed by atoms with Gasteiger partial charge in [0.15, 0.2) is 13.0 Å². The highest BCUT2D eigenvalue weighted by molar-refractivity contribution is 6.30. The minimum absolute atomic E-state index is 0.0502. The van der Waals surface area contributed by atoms with E-state index >= 15 is 0 Å². The number of nitrogens with two attached hydrogens (primary N) is 1. The summed E-state index contributed by atoms with van der Waals surface area (Å²) in [4.78, 5) is 80.8. The van der Waals surface area contributed by atoms with Gasteiger partial charge < -0.3 is 31.9 Å². The predicted molar refractivity (Wildman–Crippen MR) is 193 cm³/mol. The number of carbonyl (C=O) groups excluding carboxylic acids is 6. The van der Waals surface area contributed by atoms with Crippen LogP contribution in [-0.2, 0) is 25.6 Å². The Kier molecular flexibility index (Phi) is 11.8. The maximum Gasteiger partial charge on any atom is 0.246 e. The molecular weight excluding hydrogens is 648 g/mol. The summed E-state index contributed by atoms with van der Waals surface area (Å²) in [6.45, 7) is 4.22. The topological polar surface area (TPSA) is 180 Å². The normalized spacial score (nSPS) is 17.0. The van der Waals surface area contributed by atoms with Gasteiger partial charge in [-0.3, -0.25) is 28.8 Å². The number of hydrogen-bond donors (Lipinski definition) is 5. The first-order valence-electron chi connectivity index (χ1n) is 18.0. The molecule has 1 fully saturated rings. The van der Waals surface area contributed by atoms with E-state index < -0.39 is 42.4 Å². The molecule has 5 rings (SSSR count). The summed E-state index contributed by atoms with van der Waals surface area (Å²) in [5.74, 6) is -2.67. The summed E-state index contributed by atoms with van der Waals surface area (Å²) < 4.78 is 8.68. The van der Waals surface area contributed by atoms with Gasteiger partial charge in [-0.2, -0.15) is 0 Å². The van der Waals surface area contributed by atoms with Gasteiger partial charge in [0.1, 0.15) is 12.1 Å². The molecule has 0 aromatic heterocycles. The molecule has 3 aromatic carbocycles. The zero-order chi connectivity index (χ0) is 37.4. The minimum Gasteiger partial charge on any atom is -0.384 e. The van der Waals surface area contributed by atoms with Crippen molar-refractivity contribution in [3.05, 3.63) is 101 Å². The summed E-state index contributed by atoms with van der Waals surface area (Å²) in [6.07, 6.45) is 2.23. The third-order valence-electron chi connectivity index (χ3n) is 9.59. The number of benzene rings is 3. The van der Waals surface area contributed by atoms with Crippen LogP contribution in [0.25, 0.3) is 0 Å². The third kappa shape index (κ3) is 8.69. The Bertz CT molecular complexity index is 1820. The second-order valence-corrected chi connectivity index (χ2v) is 13.1. The van der Waals surface area contributed by atoms with Gasteiger partial charge in [0.2, 0.25) is 23.6 Å². The third-order valence-corrected chi connectivity index (χ3v) is 9.59. The van der Waals surface area contributed by atoms with Crippen molar-refractivity contribution in [3.63, 3.8) is 0 Å². The zero-order valence-electron chi connectivity index (χ0n) is 30.0. The van der Waals surface area contributed by atoms with E-state index in [2.05, 4.69) is 16.0 Å². The van der Waals surface area contributed by atoms with E-state index in [0.29, 0.717) is 72.0 Å². The Morgan fingerprint density at radius 3 is 2.31 bits per heavy atom. The van der Waals surface area contributed by atoms with E-state index in [-0.39, 0.29) is 36.4 Å².